The minimum Gasteiger partial charge on any atom is -0.320 e. The first-order valence-corrected chi connectivity index (χ1v) is 8.89. The SMILES string of the molecule is N#CC1=C(SCc2ccccc2F)NC(=O)C[C@@H]1c1cccs1. The highest BCUT2D eigenvalue weighted by Crippen LogP contribution is 2.38. The molecule has 116 valence electrons. The minimum atomic E-state index is -0.281. The van der Waals surface area contributed by atoms with E-state index in [1.165, 1.54) is 29.2 Å². The molecule has 1 aliphatic rings. The van der Waals surface area contributed by atoms with Crippen molar-refractivity contribution >= 4 is 29.0 Å². The first-order chi connectivity index (χ1) is 11.2. The number of rotatable bonds is 4. The lowest BCUT2D eigenvalue weighted by molar-refractivity contribution is -0.120. The van der Waals surface area contributed by atoms with Gasteiger partial charge in [-0.05, 0) is 23.1 Å². The summed E-state index contributed by atoms with van der Waals surface area (Å²) >= 11 is 2.83. The first-order valence-electron chi connectivity index (χ1n) is 7.02. The van der Waals surface area contributed by atoms with Crippen molar-refractivity contribution in [3.63, 3.8) is 0 Å². The van der Waals surface area contributed by atoms with Gasteiger partial charge in [-0.15, -0.1) is 23.1 Å². The number of amides is 1. The Morgan fingerprint density at radius 1 is 1.35 bits per heavy atom. The number of thioether (sulfide) groups is 1. The lowest BCUT2D eigenvalue weighted by Crippen LogP contribution is -2.30. The highest BCUT2D eigenvalue weighted by molar-refractivity contribution is 8.02. The Bertz CT molecular complexity index is 793. The number of thiophene rings is 1. The predicted octanol–water partition coefficient (Wildman–Crippen LogP) is 4.16. The van der Waals surface area contributed by atoms with Gasteiger partial charge in [-0.1, -0.05) is 24.3 Å². The van der Waals surface area contributed by atoms with E-state index in [4.69, 9.17) is 0 Å². The average molecular weight is 344 g/mol. The summed E-state index contributed by atoms with van der Waals surface area (Å²) < 4.78 is 13.7. The average Bonchev–Trinajstić information content (AvgIpc) is 3.08. The standard InChI is InChI=1S/C17H13FN2OS2/c18-14-5-2-1-4-11(14)10-23-17-13(9-19)12(8-16(21)20-17)15-6-3-7-22-15/h1-7,12H,8,10H2,(H,20,21)/t12-/m0/s1. The molecule has 1 atom stereocenters. The van der Waals surface area contributed by atoms with Crippen LogP contribution in [0.2, 0.25) is 0 Å². The molecule has 0 radical (unpaired) electrons. The number of hydrogen-bond donors (Lipinski definition) is 1. The van der Waals surface area contributed by atoms with Crippen LogP contribution >= 0.6 is 23.1 Å². The topological polar surface area (TPSA) is 52.9 Å². The summed E-state index contributed by atoms with van der Waals surface area (Å²) in [5.41, 5.74) is 1.10. The molecule has 0 unspecified atom stereocenters. The third-order valence-corrected chi connectivity index (χ3v) is 5.62. The van der Waals surface area contributed by atoms with Gasteiger partial charge in [0.25, 0.3) is 0 Å². The summed E-state index contributed by atoms with van der Waals surface area (Å²) in [7, 11) is 0. The van der Waals surface area contributed by atoms with Crippen LogP contribution in [0.25, 0.3) is 0 Å². The van der Waals surface area contributed by atoms with Crippen molar-refractivity contribution in [1.29, 1.82) is 5.26 Å². The molecule has 3 nitrogen and oxygen atoms in total. The number of nitrogens with zero attached hydrogens (tertiary/aromatic N) is 1. The minimum absolute atomic E-state index is 0.113. The fraction of sp³-hybridized carbons (Fsp3) is 0.176. The maximum atomic E-state index is 13.7. The molecule has 2 heterocycles. The summed E-state index contributed by atoms with van der Waals surface area (Å²) in [4.78, 5) is 13.0. The molecule has 1 aromatic heterocycles. The molecule has 2 aromatic rings. The molecular formula is C17H13FN2OS2. The van der Waals surface area contributed by atoms with Crippen molar-refractivity contribution in [2.45, 2.75) is 18.1 Å². The van der Waals surface area contributed by atoms with E-state index in [9.17, 15) is 14.4 Å². The van der Waals surface area contributed by atoms with E-state index < -0.39 is 0 Å². The number of carbonyl (C=O) groups is 1. The number of benzene rings is 1. The molecule has 1 N–H and O–H groups in total. The molecule has 1 aromatic carbocycles. The molecule has 3 rings (SSSR count). The molecule has 1 amide bonds. The maximum Gasteiger partial charge on any atom is 0.225 e. The second kappa shape index (κ2) is 6.99. The molecular weight excluding hydrogens is 331 g/mol. The molecule has 6 heteroatoms. The number of hydrogen-bond acceptors (Lipinski definition) is 4. The van der Waals surface area contributed by atoms with Gasteiger partial charge in [-0.2, -0.15) is 5.26 Å². The quantitative estimate of drug-likeness (QED) is 0.906. The third kappa shape index (κ3) is 3.46. The molecule has 23 heavy (non-hydrogen) atoms. The van der Waals surface area contributed by atoms with Crippen LogP contribution in [-0.4, -0.2) is 5.91 Å². The Hall–Kier alpha value is -2.10. The Labute approximate surface area is 141 Å². The number of nitrogens with one attached hydrogen (secondary N) is 1. The van der Waals surface area contributed by atoms with Crippen LogP contribution in [0.3, 0.4) is 0 Å². The molecule has 0 spiro atoms. The lowest BCUT2D eigenvalue weighted by Gasteiger charge is -2.24. The van der Waals surface area contributed by atoms with Crippen LogP contribution in [0, 0.1) is 17.1 Å². The Balaban J connectivity index is 1.87. The fourth-order valence-corrected chi connectivity index (χ4v) is 4.33. The van der Waals surface area contributed by atoms with E-state index in [-0.39, 0.29) is 24.1 Å². The van der Waals surface area contributed by atoms with Crippen molar-refractivity contribution in [2.24, 2.45) is 0 Å². The third-order valence-electron chi connectivity index (χ3n) is 3.57. The van der Waals surface area contributed by atoms with E-state index in [0.29, 0.717) is 21.9 Å². The molecule has 0 bridgehead atoms. The Morgan fingerprint density at radius 2 is 2.17 bits per heavy atom. The van der Waals surface area contributed by atoms with E-state index in [2.05, 4.69) is 11.4 Å². The second-order valence-corrected chi connectivity index (χ2v) is 7.02. The lowest BCUT2D eigenvalue weighted by atomic mass is 9.93. The highest BCUT2D eigenvalue weighted by atomic mass is 32.2. The van der Waals surface area contributed by atoms with Gasteiger partial charge in [0.1, 0.15) is 5.82 Å². The van der Waals surface area contributed by atoms with Crippen molar-refractivity contribution in [3.05, 3.63) is 68.6 Å². The molecule has 1 aliphatic heterocycles. The van der Waals surface area contributed by atoms with Gasteiger partial charge in [-0.3, -0.25) is 4.79 Å². The molecule has 0 saturated heterocycles. The van der Waals surface area contributed by atoms with Gasteiger partial charge >= 0.3 is 0 Å². The number of allylic oxidation sites excluding steroid dienone is 1. The van der Waals surface area contributed by atoms with Crippen LogP contribution in [-0.2, 0) is 10.5 Å². The molecule has 0 saturated carbocycles. The zero-order valence-corrected chi connectivity index (χ0v) is 13.7. The molecule has 0 fully saturated rings. The van der Waals surface area contributed by atoms with Crippen LogP contribution in [0.1, 0.15) is 22.8 Å². The zero-order valence-electron chi connectivity index (χ0n) is 12.1. The molecule has 0 aliphatic carbocycles. The predicted molar refractivity (Wildman–Crippen MR) is 90.2 cm³/mol. The van der Waals surface area contributed by atoms with Crippen molar-refractivity contribution in [3.8, 4) is 6.07 Å². The van der Waals surface area contributed by atoms with Gasteiger partial charge < -0.3 is 5.32 Å². The number of nitriles is 1. The van der Waals surface area contributed by atoms with Gasteiger partial charge in [-0.25, -0.2) is 4.39 Å². The summed E-state index contributed by atoms with van der Waals surface area (Å²) in [6.07, 6.45) is 0.271. The fourth-order valence-electron chi connectivity index (χ4n) is 2.43. The Kier molecular flexibility index (Phi) is 4.79. The summed E-state index contributed by atoms with van der Waals surface area (Å²) in [6.45, 7) is 0. The maximum absolute atomic E-state index is 13.7. The normalized spacial score (nSPS) is 17.7. The van der Waals surface area contributed by atoms with E-state index in [1.54, 1.807) is 18.2 Å². The van der Waals surface area contributed by atoms with Crippen LogP contribution < -0.4 is 5.32 Å². The van der Waals surface area contributed by atoms with Gasteiger partial charge in [0.05, 0.1) is 16.7 Å². The van der Waals surface area contributed by atoms with Gasteiger partial charge in [0.15, 0.2) is 0 Å². The van der Waals surface area contributed by atoms with E-state index >= 15 is 0 Å². The van der Waals surface area contributed by atoms with E-state index in [1.807, 2.05) is 17.5 Å². The summed E-state index contributed by atoms with van der Waals surface area (Å²) in [5.74, 6) is -0.240. The van der Waals surface area contributed by atoms with Crippen molar-refractivity contribution < 1.29 is 9.18 Å². The second-order valence-electron chi connectivity index (χ2n) is 5.05. The largest absolute Gasteiger partial charge is 0.320 e. The number of halogens is 1. The monoisotopic (exact) mass is 344 g/mol. The van der Waals surface area contributed by atoms with Crippen molar-refractivity contribution in [2.75, 3.05) is 0 Å². The smallest absolute Gasteiger partial charge is 0.225 e. The first kappa shape index (κ1) is 15.8. The van der Waals surface area contributed by atoms with Crippen LogP contribution in [0.5, 0.6) is 0 Å². The van der Waals surface area contributed by atoms with Gasteiger partial charge in [0.2, 0.25) is 5.91 Å². The summed E-state index contributed by atoms with van der Waals surface area (Å²) in [5, 5.41) is 14.8. The summed E-state index contributed by atoms with van der Waals surface area (Å²) in [6, 6.07) is 12.6. The highest BCUT2D eigenvalue weighted by Gasteiger charge is 2.30. The van der Waals surface area contributed by atoms with Gasteiger partial charge in [0, 0.05) is 23.0 Å². The van der Waals surface area contributed by atoms with Crippen LogP contribution in [0.15, 0.2) is 52.4 Å². The Morgan fingerprint density at radius 3 is 2.87 bits per heavy atom. The number of carbonyl (C=O) groups excluding carboxylic acids is 1. The van der Waals surface area contributed by atoms with Crippen LogP contribution in [0.4, 0.5) is 4.39 Å². The van der Waals surface area contributed by atoms with Crippen molar-refractivity contribution in [1.82, 2.24) is 5.32 Å². The zero-order chi connectivity index (χ0) is 16.2. The van der Waals surface area contributed by atoms with E-state index in [0.717, 1.165) is 4.88 Å².